The van der Waals surface area contributed by atoms with E-state index in [4.69, 9.17) is 0 Å². The van der Waals surface area contributed by atoms with Gasteiger partial charge in [0.2, 0.25) is 0 Å². The summed E-state index contributed by atoms with van der Waals surface area (Å²) in [5.41, 5.74) is 0.982. The first-order chi connectivity index (χ1) is 5.72. The molecule has 0 aromatic heterocycles. The minimum absolute atomic E-state index is 0. The lowest BCUT2D eigenvalue weighted by Crippen LogP contribution is -1.87. The second kappa shape index (κ2) is 24.1. The van der Waals surface area contributed by atoms with Gasteiger partial charge in [-0.1, -0.05) is 70.6 Å². The van der Waals surface area contributed by atoms with Crippen LogP contribution in [0, 0.1) is 0 Å². The first kappa shape index (κ1) is 24.8. The van der Waals surface area contributed by atoms with Crippen LogP contribution in [0.5, 0.6) is 0 Å². The summed E-state index contributed by atoms with van der Waals surface area (Å²) in [5, 5.41) is 0. The van der Waals surface area contributed by atoms with Crippen LogP contribution in [-0.4, -0.2) is 5.66 Å². The molecule has 0 nitrogen and oxygen atoms in total. The first-order valence-corrected chi connectivity index (χ1v) is 9.82. The molecule has 0 N–H and O–H groups in total. The van der Waals surface area contributed by atoms with E-state index in [-0.39, 0.29) is 17.3 Å². The van der Waals surface area contributed by atoms with E-state index in [1.807, 2.05) is 0 Å². The summed E-state index contributed by atoms with van der Waals surface area (Å²) in [6, 6.07) is 0. The lowest BCUT2D eigenvalue weighted by Gasteiger charge is -2.05. The van der Waals surface area contributed by atoms with Crippen molar-refractivity contribution in [2.24, 2.45) is 0 Å². The standard InChI is InChI=1S/C5H15P3.C4H10.CH4.H3P/c1-3-4-5(2)7-8-6;1-3-4-2;;/h5,7-8H,3-4,6H2,1-2H3;3-4H2,1-2H3;1H4;1H3. The molecule has 5 atom stereocenters. The molecule has 0 aliphatic carbocycles. The molecule has 0 amide bonds. The maximum atomic E-state index is 2.81. The fraction of sp³-hybridized carbons (Fsp3) is 1.00. The minimum atomic E-state index is 0. The molecule has 14 heavy (non-hydrogen) atoms. The summed E-state index contributed by atoms with van der Waals surface area (Å²) >= 11 is 0. The molecule has 0 spiro atoms. The van der Waals surface area contributed by atoms with Gasteiger partial charge < -0.3 is 0 Å². The Hall–Kier alpha value is 1.72. The van der Waals surface area contributed by atoms with E-state index in [0.717, 1.165) is 13.6 Å². The Balaban J connectivity index is -0.0000000733. The fourth-order valence-corrected chi connectivity index (χ4v) is 5.21. The Morgan fingerprint density at radius 1 is 1.07 bits per heavy atom. The van der Waals surface area contributed by atoms with Gasteiger partial charge in [0.05, 0.1) is 0 Å². The second-order valence-electron chi connectivity index (χ2n) is 2.98. The van der Waals surface area contributed by atoms with Crippen molar-refractivity contribution in [3.63, 3.8) is 0 Å². The molecule has 0 aromatic carbocycles. The van der Waals surface area contributed by atoms with E-state index >= 15 is 0 Å². The predicted molar refractivity (Wildman–Crippen MR) is 89.1 cm³/mol. The van der Waals surface area contributed by atoms with Crippen LogP contribution >= 0.6 is 35.1 Å². The molecule has 0 radical (unpaired) electrons. The maximum absolute atomic E-state index is 2.81. The van der Waals surface area contributed by atoms with E-state index in [1.165, 1.54) is 34.0 Å². The van der Waals surface area contributed by atoms with Gasteiger partial charge in [-0.2, -0.15) is 9.90 Å². The molecule has 5 unspecified atom stereocenters. The van der Waals surface area contributed by atoms with Crippen molar-refractivity contribution in [3.8, 4) is 0 Å². The Morgan fingerprint density at radius 2 is 1.50 bits per heavy atom. The van der Waals surface area contributed by atoms with Crippen LogP contribution in [0.3, 0.4) is 0 Å². The van der Waals surface area contributed by atoms with E-state index in [9.17, 15) is 0 Å². The predicted octanol–water partition coefficient (Wildman–Crippen LogP) is 5.74. The highest BCUT2D eigenvalue weighted by Crippen LogP contribution is 2.47. The van der Waals surface area contributed by atoms with Gasteiger partial charge in [0.1, 0.15) is 0 Å². The van der Waals surface area contributed by atoms with Gasteiger partial charge in [-0.3, -0.25) is 0 Å². The van der Waals surface area contributed by atoms with Crippen molar-refractivity contribution in [3.05, 3.63) is 0 Å². The first-order valence-electron chi connectivity index (χ1n) is 4.93. The third kappa shape index (κ3) is 29.2. The Labute approximate surface area is 102 Å². The molecule has 0 heterocycles. The van der Waals surface area contributed by atoms with Gasteiger partial charge in [0, 0.05) is 0 Å². The quantitative estimate of drug-likeness (QED) is 0.562. The highest BCUT2D eigenvalue weighted by molar-refractivity contribution is 8.39. The molecule has 0 rings (SSSR count). The van der Waals surface area contributed by atoms with Gasteiger partial charge in [-0.15, -0.1) is 8.93 Å². The van der Waals surface area contributed by atoms with Crippen LogP contribution in [0.4, 0.5) is 0 Å². The monoisotopic (exact) mass is 276 g/mol. The molecule has 0 aromatic rings. The van der Waals surface area contributed by atoms with Gasteiger partial charge in [-0.25, -0.2) is 0 Å². The van der Waals surface area contributed by atoms with Crippen LogP contribution in [-0.2, 0) is 0 Å². The average Bonchev–Trinajstić information content (AvgIpc) is 2.06. The van der Waals surface area contributed by atoms with Crippen molar-refractivity contribution in [1.29, 1.82) is 0 Å². The zero-order chi connectivity index (χ0) is 9.82. The van der Waals surface area contributed by atoms with Crippen molar-refractivity contribution in [2.75, 3.05) is 0 Å². The zero-order valence-corrected chi connectivity index (χ0v) is 14.3. The van der Waals surface area contributed by atoms with E-state index < -0.39 is 0 Å². The SMILES string of the molecule is C.CCCC.CCCC(C)PPP.P. The smallest absolute Gasteiger partial charge is 0.0226 e. The number of hydrogen-bond acceptors (Lipinski definition) is 0. The molecular formula is C10H32P4. The minimum Gasteiger partial charge on any atom is -0.153 e. The van der Waals surface area contributed by atoms with Crippen molar-refractivity contribution >= 4 is 35.1 Å². The van der Waals surface area contributed by atoms with Crippen LogP contribution in [0.15, 0.2) is 0 Å². The largest absolute Gasteiger partial charge is 0.153 e. The molecule has 0 saturated carbocycles. The molecule has 4 heteroatoms. The fourth-order valence-electron chi connectivity index (χ4n) is 0.647. The highest BCUT2D eigenvalue weighted by atomic mass is 32.4. The maximum Gasteiger partial charge on any atom is -0.0226 e. The van der Waals surface area contributed by atoms with Gasteiger partial charge in [0.25, 0.3) is 0 Å². The summed E-state index contributed by atoms with van der Waals surface area (Å²) in [5.74, 6) is 0. The second-order valence-corrected chi connectivity index (χ2v) is 8.87. The average molecular weight is 276 g/mol. The summed E-state index contributed by atoms with van der Waals surface area (Å²) in [6.07, 6.45) is 5.41. The lowest BCUT2D eigenvalue weighted by molar-refractivity contribution is 0.786. The molecule has 0 fully saturated rings. The van der Waals surface area contributed by atoms with Gasteiger partial charge in [0.15, 0.2) is 0 Å². The number of rotatable bonds is 5. The van der Waals surface area contributed by atoms with E-state index in [1.54, 1.807) is 0 Å². The van der Waals surface area contributed by atoms with Gasteiger partial charge in [-0.05, 0) is 12.1 Å². The molecule has 0 aliphatic heterocycles. The Bertz CT molecular complexity index is 61.1. The summed E-state index contributed by atoms with van der Waals surface area (Å²) in [4.78, 5) is 0. The molecule has 0 saturated heterocycles. The number of hydrogen-bond donors (Lipinski definition) is 0. The zero-order valence-electron chi connectivity index (χ0n) is 9.69. The summed E-state index contributed by atoms with van der Waals surface area (Å²) in [6.45, 7) is 8.96. The van der Waals surface area contributed by atoms with Crippen LogP contribution < -0.4 is 0 Å². The topological polar surface area (TPSA) is 0 Å². The highest BCUT2D eigenvalue weighted by Gasteiger charge is 1.95. The Morgan fingerprint density at radius 3 is 1.71 bits per heavy atom. The molecular weight excluding hydrogens is 244 g/mol. The third-order valence-corrected chi connectivity index (χ3v) is 5.98. The van der Waals surface area contributed by atoms with E-state index in [0.29, 0.717) is 0 Å². The van der Waals surface area contributed by atoms with Crippen LogP contribution in [0.25, 0.3) is 0 Å². The molecule has 0 bridgehead atoms. The van der Waals surface area contributed by atoms with Crippen molar-refractivity contribution in [2.45, 2.75) is 66.5 Å². The lowest BCUT2D eigenvalue weighted by atomic mass is 10.3. The van der Waals surface area contributed by atoms with E-state index in [2.05, 4.69) is 36.6 Å². The summed E-state index contributed by atoms with van der Waals surface area (Å²) < 4.78 is 0. The van der Waals surface area contributed by atoms with Crippen LogP contribution in [0.2, 0.25) is 0 Å². The molecule has 92 valence electrons. The normalized spacial score (nSPS) is 11.8. The van der Waals surface area contributed by atoms with Crippen molar-refractivity contribution in [1.82, 2.24) is 0 Å². The summed E-state index contributed by atoms with van der Waals surface area (Å²) in [7, 11) is 5.09. The number of unbranched alkanes of at least 4 members (excludes halogenated alkanes) is 1. The van der Waals surface area contributed by atoms with Crippen molar-refractivity contribution < 1.29 is 0 Å². The van der Waals surface area contributed by atoms with Gasteiger partial charge >= 0.3 is 0 Å². The molecule has 0 aliphatic rings. The third-order valence-electron chi connectivity index (χ3n) is 1.55. The Kier molecular flexibility index (Phi) is 42.7. The van der Waals surface area contributed by atoms with Crippen LogP contribution in [0.1, 0.15) is 60.8 Å².